The van der Waals surface area contributed by atoms with Crippen molar-refractivity contribution >= 4 is 5.97 Å². The lowest BCUT2D eigenvalue weighted by molar-refractivity contribution is -0.145. The highest BCUT2D eigenvalue weighted by atomic mass is 19.1. The Hall–Kier alpha value is -1.65. The Kier molecular flexibility index (Phi) is 3.24. The molecule has 2 rings (SSSR count). The molecule has 18 heavy (non-hydrogen) atoms. The Balaban J connectivity index is 2.55. The molecule has 0 unspecified atom stereocenters. The first-order chi connectivity index (χ1) is 8.47. The molecule has 1 aromatic carbocycles. The van der Waals surface area contributed by atoms with Crippen molar-refractivity contribution in [1.82, 2.24) is 0 Å². The minimum atomic E-state index is -1.36. The number of benzene rings is 1. The normalized spacial score (nSPS) is 18.6. The number of phenols is 1. The van der Waals surface area contributed by atoms with Crippen LogP contribution in [0.4, 0.5) is 8.78 Å². The molecule has 0 atom stereocenters. The maximum absolute atomic E-state index is 13.8. The summed E-state index contributed by atoms with van der Waals surface area (Å²) in [4.78, 5) is 11.5. The SMILES string of the molecule is O=C(O)C1(c2cc(F)c(O)cc2F)CCCCC1. The standard InChI is InChI=1S/C13H14F2O3/c14-9-7-11(16)10(15)6-8(9)13(12(17)18)4-2-1-3-5-13/h6-7,16H,1-5H2,(H,17,18). The summed E-state index contributed by atoms with van der Waals surface area (Å²) in [5.74, 6) is -3.78. The molecule has 98 valence electrons. The van der Waals surface area contributed by atoms with Gasteiger partial charge in [0.25, 0.3) is 0 Å². The van der Waals surface area contributed by atoms with Crippen molar-refractivity contribution in [2.45, 2.75) is 37.5 Å². The zero-order chi connectivity index (χ0) is 13.3. The monoisotopic (exact) mass is 256 g/mol. The van der Waals surface area contributed by atoms with Gasteiger partial charge < -0.3 is 10.2 Å². The summed E-state index contributed by atoms with van der Waals surface area (Å²) in [6, 6.07) is 1.45. The Morgan fingerprint density at radius 1 is 1.11 bits per heavy atom. The lowest BCUT2D eigenvalue weighted by Gasteiger charge is -2.33. The molecule has 1 fully saturated rings. The molecular weight excluding hydrogens is 242 g/mol. The number of carboxylic acid groups (broad SMARTS) is 1. The van der Waals surface area contributed by atoms with Gasteiger partial charge in [-0.2, -0.15) is 0 Å². The van der Waals surface area contributed by atoms with Crippen LogP contribution in [0.1, 0.15) is 37.7 Å². The van der Waals surface area contributed by atoms with E-state index in [4.69, 9.17) is 5.11 Å². The van der Waals surface area contributed by atoms with Gasteiger partial charge in [0.15, 0.2) is 11.6 Å². The molecule has 0 spiro atoms. The summed E-state index contributed by atoms with van der Waals surface area (Å²) in [5.41, 5.74) is -1.53. The van der Waals surface area contributed by atoms with Crippen LogP contribution in [0.3, 0.4) is 0 Å². The molecule has 0 heterocycles. The molecule has 0 amide bonds. The van der Waals surface area contributed by atoms with E-state index in [0.717, 1.165) is 12.5 Å². The number of aromatic hydroxyl groups is 1. The zero-order valence-corrected chi connectivity index (χ0v) is 9.75. The highest BCUT2D eigenvalue weighted by Crippen LogP contribution is 2.42. The number of aliphatic carboxylic acids is 1. The number of carboxylic acids is 1. The smallest absolute Gasteiger partial charge is 0.314 e. The highest BCUT2D eigenvalue weighted by Gasteiger charge is 2.43. The van der Waals surface area contributed by atoms with E-state index in [1.165, 1.54) is 0 Å². The van der Waals surface area contributed by atoms with Crippen LogP contribution in [0.5, 0.6) is 5.75 Å². The quantitative estimate of drug-likeness (QED) is 0.855. The van der Waals surface area contributed by atoms with Crippen molar-refractivity contribution in [3.05, 3.63) is 29.3 Å². The summed E-state index contributed by atoms with van der Waals surface area (Å²) >= 11 is 0. The summed E-state index contributed by atoms with van der Waals surface area (Å²) in [5, 5.41) is 18.5. The van der Waals surface area contributed by atoms with Crippen LogP contribution in [-0.4, -0.2) is 16.2 Å². The number of rotatable bonds is 2. The van der Waals surface area contributed by atoms with Gasteiger partial charge in [-0.1, -0.05) is 19.3 Å². The van der Waals surface area contributed by atoms with Crippen molar-refractivity contribution in [2.24, 2.45) is 0 Å². The lowest BCUT2D eigenvalue weighted by atomic mass is 9.69. The minimum Gasteiger partial charge on any atom is -0.505 e. The first kappa shape index (κ1) is 12.8. The van der Waals surface area contributed by atoms with Crippen molar-refractivity contribution in [3.63, 3.8) is 0 Å². The van der Waals surface area contributed by atoms with Crippen LogP contribution in [0.15, 0.2) is 12.1 Å². The number of hydrogen-bond acceptors (Lipinski definition) is 2. The van der Waals surface area contributed by atoms with Crippen LogP contribution in [0.25, 0.3) is 0 Å². The second-order valence-electron chi connectivity index (χ2n) is 4.73. The van der Waals surface area contributed by atoms with E-state index in [9.17, 15) is 18.7 Å². The van der Waals surface area contributed by atoms with Crippen LogP contribution >= 0.6 is 0 Å². The van der Waals surface area contributed by atoms with E-state index in [1.54, 1.807) is 0 Å². The molecule has 0 saturated heterocycles. The van der Waals surface area contributed by atoms with Gasteiger partial charge in [-0.15, -0.1) is 0 Å². The van der Waals surface area contributed by atoms with Crippen LogP contribution < -0.4 is 0 Å². The summed E-state index contributed by atoms with van der Waals surface area (Å²) in [6.07, 6.45) is 2.84. The predicted octanol–water partition coefficient (Wildman–Crippen LogP) is 2.96. The fourth-order valence-corrected chi connectivity index (χ4v) is 2.66. The minimum absolute atomic E-state index is 0.162. The zero-order valence-electron chi connectivity index (χ0n) is 9.75. The first-order valence-electron chi connectivity index (χ1n) is 5.89. The molecular formula is C13H14F2O3. The third kappa shape index (κ3) is 1.94. The van der Waals surface area contributed by atoms with Crippen molar-refractivity contribution in [2.75, 3.05) is 0 Å². The fourth-order valence-electron chi connectivity index (χ4n) is 2.66. The molecule has 1 aromatic rings. The van der Waals surface area contributed by atoms with Gasteiger partial charge in [0, 0.05) is 11.6 Å². The van der Waals surface area contributed by atoms with Crippen LogP contribution in [0, 0.1) is 11.6 Å². The number of hydrogen-bond donors (Lipinski definition) is 2. The van der Waals surface area contributed by atoms with E-state index in [2.05, 4.69) is 0 Å². The predicted molar refractivity (Wildman–Crippen MR) is 60.4 cm³/mol. The Labute approximate surface area is 103 Å². The average molecular weight is 256 g/mol. The van der Waals surface area contributed by atoms with Crippen molar-refractivity contribution < 1.29 is 23.8 Å². The number of carbonyl (C=O) groups is 1. The fraction of sp³-hybridized carbons (Fsp3) is 0.462. The molecule has 0 bridgehead atoms. The lowest BCUT2D eigenvalue weighted by Crippen LogP contribution is -2.38. The second-order valence-corrected chi connectivity index (χ2v) is 4.73. The Morgan fingerprint density at radius 2 is 1.72 bits per heavy atom. The van der Waals surface area contributed by atoms with E-state index >= 15 is 0 Å². The number of halogens is 2. The van der Waals surface area contributed by atoms with E-state index < -0.39 is 28.8 Å². The van der Waals surface area contributed by atoms with Gasteiger partial charge in [-0.3, -0.25) is 4.79 Å². The average Bonchev–Trinajstić information content (AvgIpc) is 2.34. The van der Waals surface area contributed by atoms with Gasteiger partial charge in [-0.25, -0.2) is 8.78 Å². The van der Waals surface area contributed by atoms with Gasteiger partial charge in [0.2, 0.25) is 0 Å². The molecule has 1 saturated carbocycles. The van der Waals surface area contributed by atoms with Crippen molar-refractivity contribution in [3.8, 4) is 5.75 Å². The van der Waals surface area contributed by atoms with Gasteiger partial charge in [-0.05, 0) is 18.9 Å². The molecule has 0 aliphatic heterocycles. The topological polar surface area (TPSA) is 57.5 Å². The molecule has 0 aromatic heterocycles. The molecule has 5 heteroatoms. The Bertz CT molecular complexity index is 479. The summed E-state index contributed by atoms with van der Waals surface area (Å²) in [6.45, 7) is 0. The van der Waals surface area contributed by atoms with E-state index in [-0.39, 0.29) is 5.56 Å². The largest absolute Gasteiger partial charge is 0.505 e. The maximum atomic E-state index is 13.8. The van der Waals surface area contributed by atoms with Gasteiger partial charge in [0.1, 0.15) is 5.82 Å². The molecule has 0 radical (unpaired) electrons. The third-order valence-corrected chi connectivity index (χ3v) is 3.67. The van der Waals surface area contributed by atoms with E-state index in [1.807, 2.05) is 0 Å². The van der Waals surface area contributed by atoms with Gasteiger partial charge >= 0.3 is 5.97 Å². The van der Waals surface area contributed by atoms with Crippen LogP contribution in [0.2, 0.25) is 0 Å². The van der Waals surface area contributed by atoms with Crippen molar-refractivity contribution in [1.29, 1.82) is 0 Å². The highest BCUT2D eigenvalue weighted by molar-refractivity contribution is 5.81. The summed E-state index contributed by atoms with van der Waals surface area (Å²) in [7, 11) is 0. The van der Waals surface area contributed by atoms with E-state index in [0.29, 0.717) is 31.7 Å². The van der Waals surface area contributed by atoms with Gasteiger partial charge in [0.05, 0.1) is 5.41 Å². The molecule has 1 aliphatic carbocycles. The first-order valence-corrected chi connectivity index (χ1v) is 5.89. The molecule has 2 N–H and O–H groups in total. The third-order valence-electron chi connectivity index (χ3n) is 3.67. The maximum Gasteiger partial charge on any atom is 0.314 e. The Morgan fingerprint density at radius 3 is 2.28 bits per heavy atom. The molecule has 3 nitrogen and oxygen atoms in total. The second kappa shape index (κ2) is 4.55. The summed E-state index contributed by atoms with van der Waals surface area (Å²) < 4.78 is 27.2. The molecule has 1 aliphatic rings. The number of phenolic OH excluding ortho intramolecular Hbond substituents is 1. The van der Waals surface area contributed by atoms with Crippen LogP contribution in [-0.2, 0) is 10.2 Å².